The fourth-order valence-electron chi connectivity index (χ4n) is 3.52. The lowest BCUT2D eigenvalue weighted by atomic mass is 9.87. The third kappa shape index (κ3) is 3.65. The van der Waals surface area contributed by atoms with Crippen LogP contribution < -0.4 is 10.2 Å². The number of carbonyl (C=O) groups is 1. The molecule has 24 heavy (non-hydrogen) atoms. The Balaban J connectivity index is 1.65. The van der Waals surface area contributed by atoms with Crippen molar-refractivity contribution in [3.05, 3.63) is 65.0 Å². The lowest BCUT2D eigenvalue weighted by Crippen LogP contribution is -3.10. The van der Waals surface area contributed by atoms with Crippen LogP contribution in [0.25, 0.3) is 0 Å². The second-order valence-corrected chi connectivity index (χ2v) is 6.68. The topological polar surface area (TPSA) is 33.5 Å². The Bertz CT molecular complexity index is 744. The minimum atomic E-state index is -0.297. The van der Waals surface area contributed by atoms with Crippen LogP contribution in [-0.2, 0) is 11.2 Å². The first-order valence-electron chi connectivity index (χ1n) is 8.50. The van der Waals surface area contributed by atoms with Crippen molar-refractivity contribution >= 4 is 11.6 Å². The van der Waals surface area contributed by atoms with Crippen molar-refractivity contribution < 1.29 is 14.1 Å². The van der Waals surface area contributed by atoms with Crippen LogP contribution in [0.3, 0.4) is 0 Å². The van der Waals surface area contributed by atoms with Crippen LogP contribution in [0.15, 0.2) is 42.5 Å². The molecule has 2 N–H and O–H groups in total. The largest absolute Gasteiger partial charge is 0.323 e. The Hall–Kier alpha value is -2.20. The number of quaternary nitrogens is 1. The second kappa shape index (κ2) is 7.14. The molecule has 1 aliphatic rings. The van der Waals surface area contributed by atoms with Crippen molar-refractivity contribution in [3.63, 3.8) is 0 Å². The zero-order chi connectivity index (χ0) is 17.1. The minimum absolute atomic E-state index is 0.0844. The maximum Gasteiger partial charge on any atom is 0.279 e. The van der Waals surface area contributed by atoms with Crippen molar-refractivity contribution in [3.8, 4) is 0 Å². The summed E-state index contributed by atoms with van der Waals surface area (Å²) in [7, 11) is 2.06. The van der Waals surface area contributed by atoms with Gasteiger partial charge in [0.05, 0.1) is 7.05 Å². The van der Waals surface area contributed by atoms with Gasteiger partial charge in [-0.25, -0.2) is 4.39 Å². The molecule has 0 aromatic heterocycles. The van der Waals surface area contributed by atoms with Crippen molar-refractivity contribution in [2.45, 2.75) is 32.2 Å². The maximum absolute atomic E-state index is 13.6. The van der Waals surface area contributed by atoms with Gasteiger partial charge < -0.3 is 10.2 Å². The molecule has 0 bridgehead atoms. The summed E-state index contributed by atoms with van der Waals surface area (Å²) in [6.45, 7) is 2.08. The number of amides is 1. The Morgan fingerprint density at radius 3 is 2.88 bits per heavy atom. The first kappa shape index (κ1) is 16.7. The van der Waals surface area contributed by atoms with Crippen LogP contribution in [0.5, 0.6) is 0 Å². The molecule has 3 nitrogen and oxygen atoms in total. The van der Waals surface area contributed by atoms with E-state index < -0.39 is 0 Å². The van der Waals surface area contributed by atoms with E-state index in [1.165, 1.54) is 22.1 Å². The number of anilines is 1. The third-order valence-corrected chi connectivity index (χ3v) is 4.86. The minimum Gasteiger partial charge on any atom is -0.323 e. The van der Waals surface area contributed by atoms with Crippen LogP contribution in [-0.4, -0.2) is 19.5 Å². The van der Waals surface area contributed by atoms with Gasteiger partial charge in [0, 0.05) is 17.7 Å². The van der Waals surface area contributed by atoms with Gasteiger partial charge in [0.15, 0.2) is 6.54 Å². The highest BCUT2D eigenvalue weighted by Crippen LogP contribution is 2.27. The van der Waals surface area contributed by atoms with Gasteiger partial charge in [-0.2, -0.15) is 0 Å². The predicted molar refractivity (Wildman–Crippen MR) is 93.6 cm³/mol. The Kier molecular flexibility index (Phi) is 4.95. The van der Waals surface area contributed by atoms with E-state index in [0.717, 1.165) is 19.3 Å². The summed E-state index contributed by atoms with van der Waals surface area (Å²) in [6, 6.07) is 13.6. The molecule has 0 aliphatic heterocycles. The van der Waals surface area contributed by atoms with Gasteiger partial charge in [0.1, 0.15) is 11.9 Å². The summed E-state index contributed by atoms with van der Waals surface area (Å²) in [5, 5.41) is 2.80. The Labute approximate surface area is 142 Å². The molecule has 126 valence electrons. The first-order valence-corrected chi connectivity index (χ1v) is 8.50. The van der Waals surface area contributed by atoms with Crippen LogP contribution in [0, 0.1) is 12.7 Å². The molecule has 1 aliphatic carbocycles. The fraction of sp³-hybridized carbons (Fsp3) is 0.350. The molecule has 2 aromatic rings. The quantitative estimate of drug-likeness (QED) is 0.889. The second-order valence-electron chi connectivity index (χ2n) is 6.68. The van der Waals surface area contributed by atoms with E-state index in [9.17, 15) is 9.18 Å². The van der Waals surface area contributed by atoms with Crippen LogP contribution in [0.2, 0.25) is 0 Å². The maximum atomic E-state index is 13.6. The number of aryl methyl sites for hydroxylation is 2. The standard InChI is InChI=1S/C20H23FN2O/c1-14-10-11-16(12-18(14)21)22-20(24)13-23(2)19-9-5-7-15-6-3-4-8-17(15)19/h3-4,6,8,10-12,19H,5,7,9,13H2,1-2H3,(H,22,24)/p+1/t19-/m0/s1. The molecular formula is C20H24FN2O+. The molecule has 2 atom stereocenters. The molecule has 0 radical (unpaired) electrons. The molecule has 0 heterocycles. The highest BCUT2D eigenvalue weighted by Gasteiger charge is 2.27. The van der Waals surface area contributed by atoms with E-state index in [0.29, 0.717) is 23.8 Å². The molecule has 0 spiro atoms. The van der Waals surface area contributed by atoms with Gasteiger partial charge in [-0.3, -0.25) is 4.79 Å². The molecule has 1 amide bonds. The molecule has 4 heteroatoms. The van der Waals surface area contributed by atoms with E-state index in [4.69, 9.17) is 0 Å². The van der Waals surface area contributed by atoms with Crippen LogP contribution in [0.1, 0.15) is 35.6 Å². The number of carbonyl (C=O) groups excluding carboxylic acids is 1. The summed E-state index contributed by atoms with van der Waals surface area (Å²) in [5.74, 6) is -0.381. The number of benzene rings is 2. The average Bonchev–Trinajstić information content (AvgIpc) is 2.57. The Morgan fingerprint density at radius 2 is 2.08 bits per heavy atom. The Morgan fingerprint density at radius 1 is 1.29 bits per heavy atom. The summed E-state index contributed by atoms with van der Waals surface area (Å²) in [6.07, 6.45) is 3.37. The van der Waals surface area contributed by atoms with Crippen molar-refractivity contribution in [2.75, 3.05) is 18.9 Å². The number of halogens is 1. The summed E-state index contributed by atoms with van der Waals surface area (Å²) in [4.78, 5) is 13.5. The average molecular weight is 327 g/mol. The fourth-order valence-corrected chi connectivity index (χ4v) is 3.52. The number of fused-ring (bicyclic) bond motifs is 1. The molecule has 0 saturated carbocycles. The van der Waals surface area contributed by atoms with E-state index in [1.54, 1.807) is 19.1 Å². The summed E-state index contributed by atoms with van der Waals surface area (Å²) >= 11 is 0. The zero-order valence-electron chi connectivity index (χ0n) is 14.2. The van der Waals surface area contributed by atoms with Crippen molar-refractivity contribution in [1.29, 1.82) is 0 Å². The van der Waals surface area contributed by atoms with E-state index in [2.05, 4.69) is 36.6 Å². The van der Waals surface area contributed by atoms with Crippen LogP contribution in [0.4, 0.5) is 10.1 Å². The van der Waals surface area contributed by atoms with Gasteiger partial charge in [-0.1, -0.05) is 30.3 Å². The van der Waals surface area contributed by atoms with Gasteiger partial charge in [-0.15, -0.1) is 0 Å². The van der Waals surface area contributed by atoms with Gasteiger partial charge in [0.2, 0.25) is 0 Å². The van der Waals surface area contributed by atoms with Gasteiger partial charge >= 0.3 is 0 Å². The van der Waals surface area contributed by atoms with E-state index >= 15 is 0 Å². The smallest absolute Gasteiger partial charge is 0.279 e. The number of rotatable bonds is 4. The lowest BCUT2D eigenvalue weighted by Gasteiger charge is -2.30. The molecule has 2 aromatic carbocycles. The molecule has 1 unspecified atom stereocenters. The van der Waals surface area contributed by atoms with Gasteiger partial charge in [0.25, 0.3) is 5.91 Å². The number of hydrogen-bond donors (Lipinski definition) is 2. The number of nitrogens with one attached hydrogen (secondary N) is 2. The molecule has 0 saturated heterocycles. The summed E-state index contributed by atoms with van der Waals surface area (Å²) in [5.41, 5.74) is 3.85. The highest BCUT2D eigenvalue weighted by molar-refractivity contribution is 5.91. The SMILES string of the molecule is Cc1ccc(NC(=O)C[NH+](C)[C@H]2CCCc3ccccc32)cc1F. The van der Waals surface area contributed by atoms with E-state index in [-0.39, 0.29) is 11.7 Å². The van der Waals surface area contributed by atoms with Crippen molar-refractivity contribution in [2.24, 2.45) is 0 Å². The molecule has 0 fully saturated rings. The zero-order valence-corrected chi connectivity index (χ0v) is 14.2. The lowest BCUT2D eigenvalue weighted by molar-refractivity contribution is -0.905. The van der Waals surface area contributed by atoms with Crippen LogP contribution >= 0.6 is 0 Å². The molecular weight excluding hydrogens is 303 g/mol. The highest BCUT2D eigenvalue weighted by atomic mass is 19.1. The summed E-state index contributed by atoms with van der Waals surface area (Å²) < 4.78 is 13.6. The first-order chi connectivity index (χ1) is 11.5. The van der Waals surface area contributed by atoms with E-state index in [1.807, 2.05) is 0 Å². The molecule has 3 rings (SSSR count). The number of hydrogen-bond acceptors (Lipinski definition) is 1. The predicted octanol–water partition coefficient (Wildman–Crippen LogP) is 2.66. The van der Waals surface area contributed by atoms with Gasteiger partial charge in [-0.05, 0) is 43.0 Å². The van der Waals surface area contributed by atoms with Crippen molar-refractivity contribution in [1.82, 2.24) is 0 Å². The normalized spacial score (nSPS) is 17.9. The number of likely N-dealkylation sites (N-methyl/N-ethyl adjacent to an activating group) is 1. The monoisotopic (exact) mass is 327 g/mol. The third-order valence-electron chi connectivity index (χ3n) is 4.86.